The highest BCUT2D eigenvalue weighted by Crippen LogP contribution is 2.32. The van der Waals surface area contributed by atoms with Crippen LogP contribution in [-0.4, -0.2) is 21.2 Å². The molecule has 0 bridgehead atoms. The number of hydrogen-bond donors (Lipinski definition) is 0. The Balaban J connectivity index is 2.36. The van der Waals surface area contributed by atoms with Crippen molar-refractivity contribution in [3.05, 3.63) is 59.2 Å². The highest BCUT2D eigenvalue weighted by atomic mass is 16.5. The number of benzene rings is 2. The third kappa shape index (κ3) is 4.08. The Kier molecular flexibility index (Phi) is 5.87. The average molecular weight is 322 g/mol. The molecule has 0 fully saturated rings. The standard InChI is InChI=1S/C21H26N2O/c1-15(2)17-9-10-21(24-5)20(13-17)18(14-22)11-16-7-6-8-19(12-16)23(3)4/h6-10,12-13,15,18H,11H2,1-5H3. The van der Waals surface area contributed by atoms with Gasteiger partial charge in [-0.2, -0.15) is 5.26 Å². The lowest BCUT2D eigenvalue weighted by molar-refractivity contribution is 0.407. The van der Waals surface area contributed by atoms with Crippen molar-refractivity contribution >= 4 is 5.69 Å². The first kappa shape index (κ1) is 17.9. The molecule has 0 N–H and O–H groups in total. The van der Waals surface area contributed by atoms with Crippen molar-refractivity contribution in [1.82, 2.24) is 0 Å². The molecule has 0 saturated carbocycles. The van der Waals surface area contributed by atoms with Crippen LogP contribution in [0.4, 0.5) is 5.69 Å². The van der Waals surface area contributed by atoms with Crippen LogP contribution in [0.5, 0.6) is 5.75 Å². The number of nitrogens with zero attached hydrogens (tertiary/aromatic N) is 2. The molecule has 0 aliphatic carbocycles. The molecule has 3 heteroatoms. The Bertz CT molecular complexity index is 729. The molecule has 1 unspecified atom stereocenters. The predicted molar refractivity (Wildman–Crippen MR) is 99.9 cm³/mol. The topological polar surface area (TPSA) is 36.3 Å². The fraction of sp³-hybridized carbons (Fsp3) is 0.381. The van der Waals surface area contributed by atoms with Gasteiger partial charge in [-0.05, 0) is 41.7 Å². The Morgan fingerprint density at radius 1 is 1.12 bits per heavy atom. The van der Waals surface area contributed by atoms with Gasteiger partial charge >= 0.3 is 0 Å². The van der Waals surface area contributed by atoms with E-state index in [1.165, 1.54) is 5.56 Å². The van der Waals surface area contributed by atoms with Crippen molar-refractivity contribution in [2.24, 2.45) is 0 Å². The summed E-state index contributed by atoms with van der Waals surface area (Å²) in [6.45, 7) is 4.32. The molecule has 1 atom stereocenters. The van der Waals surface area contributed by atoms with Gasteiger partial charge in [0.25, 0.3) is 0 Å². The van der Waals surface area contributed by atoms with E-state index in [1.807, 2.05) is 26.2 Å². The highest BCUT2D eigenvalue weighted by molar-refractivity contribution is 5.49. The summed E-state index contributed by atoms with van der Waals surface area (Å²) in [6.07, 6.45) is 0.677. The van der Waals surface area contributed by atoms with Crippen molar-refractivity contribution in [1.29, 1.82) is 5.26 Å². The Morgan fingerprint density at radius 3 is 2.46 bits per heavy atom. The van der Waals surface area contributed by atoms with Crippen molar-refractivity contribution < 1.29 is 4.74 Å². The molecule has 0 aliphatic rings. The zero-order chi connectivity index (χ0) is 17.7. The SMILES string of the molecule is COc1ccc(C(C)C)cc1C(C#N)Cc1cccc(N(C)C)c1. The van der Waals surface area contributed by atoms with Gasteiger partial charge in [0.15, 0.2) is 0 Å². The van der Waals surface area contributed by atoms with Crippen molar-refractivity contribution in [2.75, 3.05) is 26.1 Å². The van der Waals surface area contributed by atoms with E-state index in [2.05, 4.69) is 55.1 Å². The van der Waals surface area contributed by atoms with Crippen LogP contribution < -0.4 is 9.64 Å². The maximum atomic E-state index is 9.75. The smallest absolute Gasteiger partial charge is 0.123 e. The zero-order valence-electron chi connectivity index (χ0n) is 15.2. The number of nitriles is 1. The minimum atomic E-state index is -0.226. The van der Waals surface area contributed by atoms with Gasteiger partial charge in [-0.3, -0.25) is 0 Å². The molecular formula is C21H26N2O. The molecule has 2 aromatic carbocycles. The normalized spacial score (nSPS) is 11.9. The van der Waals surface area contributed by atoms with E-state index in [0.717, 1.165) is 22.6 Å². The monoisotopic (exact) mass is 322 g/mol. The molecule has 0 radical (unpaired) electrons. The van der Waals surface area contributed by atoms with E-state index >= 15 is 0 Å². The third-order valence-corrected chi connectivity index (χ3v) is 4.32. The number of hydrogen-bond acceptors (Lipinski definition) is 3. The number of anilines is 1. The maximum absolute atomic E-state index is 9.75. The maximum Gasteiger partial charge on any atom is 0.123 e. The number of rotatable bonds is 6. The van der Waals surface area contributed by atoms with Gasteiger partial charge in [0.1, 0.15) is 5.75 Å². The van der Waals surface area contributed by atoms with Crippen molar-refractivity contribution in [3.63, 3.8) is 0 Å². The molecule has 0 heterocycles. The van der Waals surface area contributed by atoms with Crippen LogP contribution in [0.15, 0.2) is 42.5 Å². The quantitative estimate of drug-likeness (QED) is 0.771. The first-order chi connectivity index (χ1) is 11.5. The van der Waals surface area contributed by atoms with Crippen LogP contribution in [0.25, 0.3) is 0 Å². The van der Waals surface area contributed by atoms with Crippen molar-refractivity contribution in [3.8, 4) is 11.8 Å². The van der Waals surface area contributed by atoms with Crippen molar-refractivity contribution in [2.45, 2.75) is 32.1 Å². The van der Waals surface area contributed by atoms with E-state index < -0.39 is 0 Å². The van der Waals surface area contributed by atoms with E-state index in [4.69, 9.17) is 4.74 Å². The lowest BCUT2D eigenvalue weighted by Crippen LogP contribution is -2.09. The summed E-state index contributed by atoms with van der Waals surface area (Å²) in [5.41, 5.74) is 4.51. The van der Waals surface area contributed by atoms with Crippen LogP contribution in [0, 0.1) is 11.3 Å². The fourth-order valence-corrected chi connectivity index (χ4v) is 2.81. The fourth-order valence-electron chi connectivity index (χ4n) is 2.81. The minimum absolute atomic E-state index is 0.226. The molecule has 126 valence electrons. The van der Waals surface area contributed by atoms with Gasteiger partial charge in [-0.1, -0.05) is 38.1 Å². The van der Waals surface area contributed by atoms with Crippen LogP contribution in [0.1, 0.15) is 42.4 Å². The minimum Gasteiger partial charge on any atom is -0.496 e. The summed E-state index contributed by atoms with van der Waals surface area (Å²) >= 11 is 0. The van der Waals surface area contributed by atoms with Gasteiger partial charge in [-0.15, -0.1) is 0 Å². The third-order valence-electron chi connectivity index (χ3n) is 4.32. The first-order valence-corrected chi connectivity index (χ1v) is 8.30. The van der Waals surface area contributed by atoms with E-state index in [9.17, 15) is 5.26 Å². The molecule has 2 rings (SSSR count). The lowest BCUT2D eigenvalue weighted by Gasteiger charge is -2.18. The molecule has 0 saturated heterocycles. The van der Waals surface area contributed by atoms with Gasteiger partial charge in [0.2, 0.25) is 0 Å². The second-order valence-electron chi connectivity index (χ2n) is 6.61. The Labute approximate surface area is 145 Å². The van der Waals surface area contributed by atoms with Crippen LogP contribution >= 0.6 is 0 Å². The van der Waals surface area contributed by atoms with E-state index in [-0.39, 0.29) is 5.92 Å². The number of methoxy groups -OCH3 is 1. The van der Waals surface area contributed by atoms with Crippen LogP contribution in [0.3, 0.4) is 0 Å². The molecule has 0 aromatic heterocycles. The average Bonchev–Trinajstić information content (AvgIpc) is 2.59. The van der Waals surface area contributed by atoms with Gasteiger partial charge < -0.3 is 9.64 Å². The van der Waals surface area contributed by atoms with Gasteiger partial charge in [0.05, 0.1) is 19.1 Å². The number of ether oxygens (including phenoxy) is 1. The van der Waals surface area contributed by atoms with Crippen LogP contribution in [0.2, 0.25) is 0 Å². The second-order valence-corrected chi connectivity index (χ2v) is 6.61. The summed E-state index contributed by atoms with van der Waals surface area (Å²) in [4.78, 5) is 2.07. The summed E-state index contributed by atoms with van der Waals surface area (Å²) in [7, 11) is 5.71. The summed E-state index contributed by atoms with van der Waals surface area (Å²) in [5, 5.41) is 9.75. The molecule has 2 aromatic rings. The Morgan fingerprint density at radius 2 is 1.88 bits per heavy atom. The van der Waals surface area contributed by atoms with E-state index in [0.29, 0.717) is 12.3 Å². The predicted octanol–water partition coefficient (Wildman–Crippen LogP) is 4.73. The summed E-state index contributed by atoms with van der Waals surface area (Å²) < 4.78 is 5.50. The molecule has 0 spiro atoms. The highest BCUT2D eigenvalue weighted by Gasteiger charge is 2.18. The van der Waals surface area contributed by atoms with Crippen LogP contribution in [-0.2, 0) is 6.42 Å². The largest absolute Gasteiger partial charge is 0.496 e. The zero-order valence-corrected chi connectivity index (χ0v) is 15.2. The van der Waals surface area contributed by atoms with E-state index in [1.54, 1.807) is 7.11 Å². The summed E-state index contributed by atoms with van der Waals surface area (Å²) in [5.74, 6) is 0.983. The molecule has 3 nitrogen and oxygen atoms in total. The molecular weight excluding hydrogens is 296 g/mol. The molecule has 24 heavy (non-hydrogen) atoms. The Hall–Kier alpha value is -2.47. The second kappa shape index (κ2) is 7.88. The molecule has 0 amide bonds. The first-order valence-electron chi connectivity index (χ1n) is 8.30. The lowest BCUT2D eigenvalue weighted by atomic mass is 9.89. The molecule has 0 aliphatic heterocycles. The summed E-state index contributed by atoms with van der Waals surface area (Å²) in [6, 6.07) is 17.0. The van der Waals surface area contributed by atoms with Gasteiger partial charge in [0, 0.05) is 25.3 Å². The van der Waals surface area contributed by atoms with Gasteiger partial charge in [-0.25, -0.2) is 0 Å².